The normalized spacial score (nSPS) is 13.3. The van der Waals surface area contributed by atoms with Gasteiger partial charge in [0.1, 0.15) is 11.5 Å². The standard InChI is InChI=1S/C62H42N4SSi2/c1-5-19-43(20-6-1)68(44-21-7-2-8-22-44,47-32-34-49-50-27-13-15-29-54(50)65-40-39-64-62(65)53(49)41-47)48-33-36-57-55(42-48)66(59-31-17-18-38-63-59)60-58(37-35-52-51-28-14-16-30-56(51)67-61(52)60)69(57,45-23-9-3-10-24-45)46-25-11-4-12-26-46/h1-42H. The van der Waals surface area contributed by atoms with Crippen molar-refractivity contribution in [3.63, 3.8) is 0 Å². The molecule has 4 nitrogen and oxygen atoms in total. The number of rotatable bonds is 7. The second-order valence-electron chi connectivity index (χ2n) is 18.1. The minimum atomic E-state index is -3.18. The van der Waals surface area contributed by atoms with E-state index in [0.29, 0.717) is 0 Å². The van der Waals surface area contributed by atoms with Crippen LogP contribution in [0.3, 0.4) is 0 Å². The van der Waals surface area contributed by atoms with E-state index in [2.05, 4.69) is 246 Å². The molecule has 9 aromatic carbocycles. The number of pyridine rings is 2. The highest BCUT2D eigenvalue weighted by Gasteiger charge is 2.51. The Morgan fingerprint density at radius 3 is 1.72 bits per heavy atom. The van der Waals surface area contributed by atoms with Gasteiger partial charge in [-0.25, -0.2) is 9.97 Å². The zero-order valence-electron chi connectivity index (χ0n) is 37.4. The van der Waals surface area contributed by atoms with Gasteiger partial charge in [-0.05, 0) is 77.2 Å². The van der Waals surface area contributed by atoms with Crippen LogP contribution in [-0.2, 0) is 0 Å². The summed E-state index contributed by atoms with van der Waals surface area (Å²) >= 11 is 1.90. The third kappa shape index (κ3) is 5.72. The summed E-state index contributed by atoms with van der Waals surface area (Å²) in [6.45, 7) is 0. The minimum Gasteiger partial charge on any atom is -0.299 e. The molecule has 0 N–H and O–H groups in total. The molecule has 0 atom stereocenters. The van der Waals surface area contributed by atoms with E-state index in [1.165, 1.54) is 83.8 Å². The lowest BCUT2D eigenvalue weighted by Gasteiger charge is -2.45. The first-order chi connectivity index (χ1) is 34.2. The number of imidazole rings is 1. The van der Waals surface area contributed by atoms with Gasteiger partial charge in [0.05, 0.1) is 15.9 Å². The Labute approximate surface area is 405 Å². The quantitative estimate of drug-likeness (QED) is 0.0908. The first-order valence-electron chi connectivity index (χ1n) is 23.6. The van der Waals surface area contributed by atoms with Gasteiger partial charge in [0.2, 0.25) is 0 Å². The van der Waals surface area contributed by atoms with Gasteiger partial charge in [-0.1, -0.05) is 206 Å². The molecule has 0 amide bonds. The molecule has 14 rings (SSSR count). The molecule has 0 spiro atoms. The highest BCUT2D eigenvalue weighted by atomic mass is 32.1. The minimum absolute atomic E-state index is 0.900. The number of nitrogens with zero attached hydrogens (tertiary/aromatic N) is 4. The molecular formula is C62H42N4SSi2. The topological polar surface area (TPSA) is 33.4 Å². The second-order valence-corrected chi connectivity index (χ2v) is 26.6. The van der Waals surface area contributed by atoms with Crippen LogP contribution < -0.4 is 46.4 Å². The van der Waals surface area contributed by atoms with Gasteiger partial charge in [0.15, 0.2) is 16.1 Å². The zero-order valence-corrected chi connectivity index (χ0v) is 40.3. The molecule has 7 heteroatoms. The van der Waals surface area contributed by atoms with Crippen LogP contribution in [0.15, 0.2) is 255 Å². The Morgan fingerprint density at radius 2 is 1.01 bits per heavy atom. The van der Waals surface area contributed by atoms with Crippen molar-refractivity contribution in [1.29, 1.82) is 0 Å². The number of hydrogen-bond donors (Lipinski definition) is 0. The van der Waals surface area contributed by atoms with Crippen LogP contribution in [0.1, 0.15) is 0 Å². The van der Waals surface area contributed by atoms with E-state index in [1.807, 2.05) is 29.8 Å². The molecule has 0 bridgehead atoms. The highest BCUT2D eigenvalue weighted by molar-refractivity contribution is 7.28. The first kappa shape index (κ1) is 39.9. The molecule has 0 aliphatic carbocycles. The Kier molecular flexibility index (Phi) is 9.07. The summed E-state index contributed by atoms with van der Waals surface area (Å²) in [5, 5.41) is 16.8. The summed E-state index contributed by atoms with van der Waals surface area (Å²) in [4.78, 5) is 12.8. The van der Waals surface area contributed by atoms with Crippen molar-refractivity contribution in [2.75, 3.05) is 4.90 Å². The Hall–Kier alpha value is -8.21. The first-order valence-corrected chi connectivity index (χ1v) is 28.4. The maximum absolute atomic E-state index is 5.25. The predicted octanol–water partition coefficient (Wildman–Crippen LogP) is 9.94. The summed E-state index contributed by atoms with van der Waals surface area (Å²) in [6, 6.07) is 89.1. The Balaban J connectivity index is 1.16. The predicted molar refractivity (Wildman–Crippen MR) is 296 cm³/mol. The number of aromatic nitrogens is 3. The lowest BCUT2D eigenvalue weighted by atomic mass is 10.1. The van der Waals surface area contributed by atoms with E-state index in [0.717, 1.165) is 22.4 Å². The lowest BCUT2D eigenvalue weighted by molar-refractivity contribution is 1.19. The Morgan fingerprint density at radius 1 is 0.420 bits per heavy atom. The van der Waals surface area contributed by atoms with E-state index < -0.39 is 16.1 Å². The molecule has 0 saturated carbocycles. The van der Waals surface area contributed by atoms with Crippen molar-refractivity contribution in [3.05, 3.63) is 255 Å². The van der Waals surface area contributed by atoms with Crippen molar-refractivity contribution in [2.45, 2.75) is 0 Å². The fraction of sp³-hybridized carbons (Fsp3) is 0. The number of para-hydroxylation sites is 1. The smallest absolute Gasteiger partial charge is 0.184 e. The van der Waals surface area contributed by atoms with Gasteiger partial charge in [0, 0.05) is 50.5 Å². The Bertz CT molecular complexity index is 4010. The third-order valence-electron chi connectivity index (χ3n) is 14.7. The second kappa shape index (κ2) is 15.7. The molecule has 0 unspecified atom stereocenters. The summed E-state index contributed by atoms with van der Waals surface area (Å²) < 4.78 is 4.81. The van der Waals surface area contributed by atoms with Crippen LogP contribution in [-0.4, -0.2) is 30.5 Å². The average molecular weight is 931 g/mol. The van der Waals surface area contributed by atoms with Gasteiger partial charge in [-0.15, -0.1) is 11.3 Å². The summed E-state index contributed by atoms with van der Waals surface area (Å²) in [5.74, 6) is 0.900. The summed E-state index contributed by atoms with van der Waals surface area (Å²) in [6.07, 6.45) is 5.97. The van der Waals surface area contributed by atoms with Crippen LogP contribution in [0.25, 0.3) is 47.5 Å². The molecule has 69 heavy (non-hydrogen) atoms. The van der Waals surface area contributed by atoms with E-state index >= 15 is 0 Å². The van der Waals surface area contributed by atoms with Crippen molar-refractivity contribution < 1.29 is 0 Å². The van der Waals surface area contributed by atoms with Gasteiger partial charge in [0.25, 0.3) is 0 Å². The molecular weight excluding hydrogens is 889 g/mol. The van der Waals surface area contributed by atoms with Crippen LogP contribution >= 0.6 is 11.3 Å². The molecule has 0 fully saturated rings. The van der Waals surface area contributed by atoms with E-state index in [1.54, 1.807) is 0 Å². The fourth-order valence-electron chi connectivity index (χ4n) is 11.9. The number of hydrogen-bond acceptors (Lipinski definition) is 4. The fourth-order valence-corrected chi connectivity index (χ4v) is 23.1. The van der Waals surface area contributed by atoms with Gasteiger partial charge >= 0.3 is 0 Å². The molecule has 0 saturated heterocycles. The van der Waals surface area contributed by atoms with E-state index in [9.17, 15) is 0 Å². The summed E-state index contributed by atoms with van der Waals surface area (Å²) in [7, 11) is -6.26. The van der Waals surface area contributed by atoms with Crippen LogP contribution in [0, 0.1) is 0 Å². The lowest BCUT2D eigenvalue weighted by Crippen LogP contribution is -2.78. The van der Waals surface area contributed by atoms with Crippen molar-refractivity contribution >= 4 is 134 Å². The molecule has 1 aliphatic heterocycles. The molecule has 1 aliphatic rings. The van der Waals surface area contributed by atoms with E-state index in [-0.39, 0.29) is 0 Å². The maximum atomic E-state index is 5.25. The van der Waals surface area contributed by atoms with Crippen molar-refractivity contribution in [2.24, 2.45) is 0 Å². The third-order valence-corrected chi connectivity index (χ3v) is 25.5. The van der Waals surface area contributed by atoms with E-state index in [4.69, 9.17) is 9.97 Å². The molecule has 324 valence electrons. The number of thiophene rings is 1. The van der Waals surface area contributed by atoms with Crippen molar-refractivity contribution in [3.8, 4) is 0 Å². The highest BCUT2D eigenvalue weighted by Crippen LogP contribution is 2.46. The maximum Gasteiger partial charge on any atom is 0.184 e. The van der Waals surface area contributed by atoms with Gasteiger partial charge in [-0.3, -0.25) is 9.30 Å². The van der Waals surface area contributed by atoms with Crippen LogP contribution in [0.5, 0.6) is 0 Å². The van der Waals surface area contributed by atoms with Crippen molar-refractivity contribution in [1.82, 2.24) is 14.4 Å². The van der Waals surface area contributed by atoms with Gasteiger partial charge < -0.3 is 0 Å². The molecule has 4 aromatic heterocycles. The zero-order chi connectivity index (χ0) is 45.5. The van der Waals surface area contributed by atoms with Crippen LogP contribution in [0.2, 0.25) is 0 Å². The number of fused-ring (bicyclic) bond motifs is 12. The molecule has 13 aromatic rings. The summed E-state index contributed by atoms with van der Waals surface area (Å²) in [5.41, 5.74) is 4.52. The largest absolute Gasteiger partial charge is 0.299 e. The monoisotopic (exact) mass is 930 g/mol. The number of benzene rings is 9. The average Bonchev–Trinajstić information content (AvgIpc) is 4.08. The number of anilines is 3. The van der Waals surface area contributed by atoms with Crippen LogP contribution in [0.4, 0.5) is 17.2 Å². The van der Waals surface area contributed by atoms with Gasteiger partial charge in [-0.2, -0.15) is 0 Å². The molecule has 5 heterocycles. The SMILES string of the molecule is c1ccc([Si](c2ccccc2)(c2ccc3c(c2)N(c2ccccn2)c2c(ccc4c2sc2ccccc24)[Si]3(c2ccccc2)c2ccccc2)c2ccc3c4ccccc4n4ccnc4c3c2)cc1. The molecule has 0 radical (unpaired) electrons.